The minimum atomic E-state index is -0.874. The summed E-state index contributed by atoms with van der Waals surface area (Å²) in [4.78, 5) is 24.8. The minimum absolute atomic E-state index is 0.00250. The van der Waals surface area contributed by atoms with Crippen LogP contribution in [0.5, 0.6) is 0 Å². The summed E-state index contributed by atoms with van der Waals surface area (Å²) in [5.74, 6) is -0.346. The molecule has 1 heterocycles. The monoisotopic (exact) mass is 259 g/mol. The van der Waals surface area contributed by atoms with Crippen LogP contribution in [0.25, 0.3) is 0 Å². The maximum absolute atomic E-state index is 12.1. The van der Waals surface area contributed by atoms with Gasteiger partial charge in [-0.1, -0.05) is 26.7 Å². The number of nitrogens with zero attached hydrogens (tertiary/aromatic N) is 1. The molecule has 1 rings (SSSR count). The van der Waals surface area contributed by atoms with Crippen molar-refractivity contribution in [2.45, 2.75) is 57.4 Å². The van der Waals surface area contributed by atoms with Crippen LogP contribution in [-0.2, 0) is 9.59 Å². The van der Waals surface area contributed by atoms with E-state index in [2.05, 4.69) is 6.92 Å². The van der Waals surface area contributed by atoms with E-state index in [1.54, 1.807) is 16.7 Å². The van der Waals surface area contributed by atoms with Crippen LogP contribution in [0.2, 0.25) is 0 Å². The fourth-order valence-corrected chi connectivity index (χ4v) is 3.55. The molecule has 98 valence electrons. The third kappa shape index (κ3) is 3.63. The average molecular weight is 259 g/mol. The molecule has 0 spiro atoms. The van der Waals surface area contributed by atoms with Crippen molar-refractivity contribution in [1.29, 1.82) is 0 Å². The van der Waals surface area contributed by atoms with Gasteiger partial charge in [-0.3, -0.25) is 4.79 Å². The van der Waals surface area contributed by atoms with Gasteiger partial charge in [0, 0.05) is 12.2 Å². The molecule has 5 heteroatoms. The van der Waals surface area contributed by atoms with Gasteiger partial charge in [-0.05, 0) is 12.8 Å². The van der Waals surface area contributed by atoms with Crippen LogP contribution in [-0.4, -0.2) is 39.1 Å². The number of carbonyl (C=O) groups is 2. The molecule has 1 amide bonds. The summed E-state index contributed by atoms with van der Waals surface area (Å²) in [6.07, 6.45) is 4.13. The molecular weight excluding hydrogens is 238 g/mol. The van der Waals surface area contributed by atoms with E-state index in [0.717, 1.165) is 25.7 Å². The van der Waals surface area contributed by atoms with Crippen molar-refractivity contribution < 1.29 is 14.7 Å². The van der Waals surface area contributed by atoms with E-state index in [9.17, 15) is 9.59 Å². The van der Waals surface area contributed by atoms with E-state index in [-0.39, 0.29) is 11.3 Å². The van der Waals surface area contributed by atoms with Gasteiger partial charge in [0.2, 0.25) is 5.91 Å². The van der Waals surface area contributed by atoms with Gasteiger partial charge in [-0.25, -0.2) is 4.79 Å². The van der Waals surface area contributed by atoms with E-state index in [1.165, 1.54) is 0 Å². The van der Waals surface area contributed by atoms with Crippen molar-refractivity contribution in [3.63, 3.8) is 0 Å². The fraction of sp³-hybridized carbons (Fsp3) is 0.833. The van der Waals surface area contributed by atoms with Crippen LogP contribution in [0, 0.1) is 0 Å². The molecule has 0 radical (unpaired) electrons. The van der Waals surface area contributed by atoms with Crippen LogP contribution in [0.15, 0.2) is 0 Å². The zero-order valence-electron chi connectivity index (χ0n) is 10.5. The normalized spacial score (nSPS) is 24.0. The topological polar surface area (TPSA) is 57.6 Å². The minimum Gasteiger partial charge on any atom is -0.480 e. The van der Waals surface area contributed by atoms with E-state index in [4.69, 9.17) is 5.11 Å². The number of carboxylic acids is 1. The van der Waals surface area contributed by atoms with Crippen molar-refractivity contribution in [2.24, 2.45) is 0 Å². The first kappa shape index (κ1) is 14.4. The molecule has 1 N–H and O–H groups in total. The predicted molar refractivity (Wildman–Crippen MR) is 68.9 cm³/mol. The number of amides is 1. The SMILES string of the molecule is CCCCC(=O)N1[C@H](CCC)SC[C@@H]1C(=O)O. The summed E-state index contributed by atoms with van der Waals surface area (Å²) < 4.78 is 0. The lowest BCUT2D eigenvalue weighted by Crippen LogP contribution is -2.45. The Bertz CT molecular complexity index is 283. The van der Waals surface area contributed by atoms with Crippen molar-refractivity contribution in [3.8, 4) is 0 Å². The summed E-state index contributed by atoms with van der Waals surface area (Å²) in [5.41, 5.74) is 0. The Kier molecular flexibility index (Phi) is 5.82. The van der Waals surface area contributed by atoms with Gasteiger partial charge in [0.25, 0.3) is 0 Å². The summed E-state index contributed by atoms with van der Waals surface area (Å²) >= 11 is 1.60. The van der Waals surface area contributed by atoms with Gasteiger partial charge in [0.15, 0.2) is 0 Å². The first-order valence-electron chi connectivity index (χ1n) is 6.27. The van der Waals surface area contributed by atoms with Crippen LogP contribution < -0.4 is 0 Å². The van der Waals surface area contributed by atoms with Gasteiger partial charge < -0.3 is 10.0 Å². The Balaban J connectivity index is 2.70. The van der Waals surface area contributed by atoms with Crippen LogP contribution in [0.4, 0.5) is 0 Å². The van der Waals surface area contributed by atoms with Crippen molar-refractivity contribution in [3.05, 3.63) is 0 Å². The fourth-order valence-electron chi connectivity index (χ4n) is 2.01. The number of carbonyl (C=O) groups excluding carboxylic acids is 1. The van der Waals surface area contributed by atoms with Crippen molar-refractivity contribution in [2.75, 3.05) is 5.75 Å². The summed E-state index contributed by atoms with van der Waals surface area (Å²) in [7, 11) is 0. The molecule has 0 unspecified atom stereocenters. The Morgan fingerprint density at radius 3 is 2.59 bits per heavy atom. The Hall–Kier alpha value is -0.710. The second-order valence-electron chi connectivity index (χ2n) is 4.34. The molecule has 0 aliphatic carbocycles. The van der Waals surface area contributed by atoms with Gasteiger partial charge in [-0.2, -0.15) is 0 Å². The molecule has 0 bridgehead atoms. The molecule has 1 saturated heterocycles. The van der Waals surface area contributed by atoms with Gasteiger partial charge >= 0.3 is 5.97 Å². The van der Waals surface area contributed by atoms with E-state index in [1.807, 2.05) is 6.92 Å². The molecule has 0 saturated carbocycles. The molecule has 17 heavy (non-hydrogen) atoms. The Labute approximate surface area is 107 Å². The quantitative estimate of drug-likeness (QED) is 0.795. The number of hydrogen-bond acceptors (Lipinski definition) is 3. The summed E-state index contributed by atoms with van der Waals surface area (Å²) in [6, 6.07) is -0.624. The largest absolute Gasteiger partial charge is 0.480 e. The van der Waals surface area contributed by atoms with E-state index >= 15 is 0 Å². The van der Waals surface area contributed by atoms with Gasteiger partial charge in [0.05, 0.1) is 5.37 Å². The first-order valence-corrected chi connectivity index (χ1v) is 7.32. The molecular formula is C12H21NO3S. The number of unbranched alkanes of at least 4 members (excludes halogenated alkanes) is 1. The van der Waals surface area contributed by atoms with Crippen molar-refractivity contribution in [1.82, 2.24) is 4.90 Å². The lowest BCUT2D eigenvalue weighted by Gasteiger charge is -2.27. The predicted octanol–water partition coefficient (Wildman–Crippen LogP) is 2.33. The average Bonchev–Trinajstić information content (AvgIpc) is 2.70. The van der Waals surface area contributed by atoms with E-state index < -0.39 is 12.0 Å². The number of thioether (sulfide) groups is 1. The number of carboxylic acid groups (broad SMARTS) is 1. The highest BCUT2D eigenvalue weighted by Gasteiger charge is 2.40. The Morgan fingerprint density at radius 1 is 1.35 bits per heavy atom. The third-order valence-corrected chi connectivity index (χ3v) is 4.30. The first-order chi connectivity index (χ1) is 8.11. The lowest BCUT2D eigenvalue weighted by molar-refractivity contribution is -0.149. The highest BCUT2D eigenvalue weighted by atomic mass is 32.2. The zero-order valence-corrected chi connectivity index (χ0v) is 11.3. The summed E-state index contributed by atoms with van der Waals surface area (Å²) in [6.45, 7) is 4.09. The van der Waals surface area contributed by atoms with Crippen LogP contribution in [0.3, 0.4) is 0 Å². The third-order valence-electron chi connectivity index (χ3n) is 2.95. The molecule has 4 nitrogen and oxygen atoms in total. The second-order valence-corrected chi connectivity index (χ2v) is 5.55. The van der Waals surface area contributed by atoms with Crippen LogP contribution >= 0.6 is 11.8 Å². The number of rotatable bonds is 6. The van der Waals surface area contributed by atoms with Gasteiger partial charge in [0.1, 0.15) is 6.04 Å². The molecule has 1 aliphatic rings. The van der Waals surface area contributed by atoms with Crippen molar-refractivity contribution >= 4 is 23.6 Å². The molecule has 2 atom stereocenters. The standard InChI is InChI=1S/C12H21NO3S/c1-3-5-7-10(14)13-9(12(15)16)8-17-11(13)6-4-2/h9,11H,3-8H2,1-2H3,(H,15,16)/t9-,11+/m1/s1. The summed E-state index contributed by atoms with van der Waals surface area (Å²) in [5, 5.41) is 9.20. The molecule has 1 aliphatic heterocycles. The maximum Gasteiger partial charge on any atom is 0.327 e. The molecule has 0 aromatic carbocycles. The highest BCUT2D eigenvalue weighted by Crippen LogP contribution is 2.33. The molecule has 0 aromatic heterocycles. The number of hydrogen-bond donors (Lipinski definition) is 1. The van der Waals surface area contributed by atoms with Gasteiger partial charge in [-0.15, -0.1) is 11.8 Å². The maximum atomic E-state index is 12.1. The molecule has 1 fully saturated rings. The number of aliphatic carboxylic acids is 1. The van der Waals surface area contributed by atoms with E-state index in [0.29, 0.717) is 12.2 Å². The smallest absolute Gasteiger partial charge is 0.327 e. The lowest BCUT2D eigenvalue weighted by atomic mass is 10.2. The highest BCUT2D eigenvalue weighted by molar-refractivity contribution is 8.00. The second kappa shape index (κ2) is 6.89. The Morgan fingerprint density at radius 2 is 2.06 bits per heavy atom. The zero-order chi connectivity index (χ0) is 12.8. The van der Waals surface area contributed by atoms with Crippen LogP contribution in [0.1, 0.15) is 46.0 Å². The molecule has 0 aromatic rings.